The van der Waals surface area contributed by atoms with Crippen LogP contribution in [-0.2, 0) is 12.4 Å². The highest BCUT2D eigenvalue weighted by Gasteiger charge is 2.08. The first kappa shape index (κ1) is 9.98. The number of oxazole rings is 1. The maximum absolute atomic E-state index is 11.2. The Kier molecular flexibility index (Phi) is 2.53. The lowest BCUT2D eigenvalue weighted by molar-refractivity contribution is 0.528. The van der Waals surface area contributed by atoms with Crippen LogP contribution in [0.2, 0.25) is 0 Å². The van der Waals surface area contributed by atoms with Crippen molar-refractivity contribution in [1.29, 1.82) is 0 Å². The van der Waals surface area contributed by atoms with E-state index in [0.717, 1.165) is 20.9 Å². The summed E-state index contributed by atoms with van der Waals surface area (Å²) in [5.74, 6) is -0.335. The Balaban J connectivity index is 2.86. The van der Waals surface area contributed by atoms with E-state index in [-0.39, 0.29) is 5.76 Å². The summed E-state index contributed by atoms with van der Waals surface area (Å²) in [5, 5.41) is 0.724. The van der Waals surface area contributed by atoms with E-state index in [9.17, 15) is 4.79 Å². The largest absolute Gasteiger partial charge is 0.419 e. The first-order chi connectivity index (χ1) is 6.63. The van der Waals surface area contributed by atoms with Gasteiger partial charge in [-0.2, -0.15) is 0 Å². The summed E-state index contributed by atoms with van der Waals surface area (Å²) >= 11 is 6.80. The summed E-state index contributed by atoms with van der Waals surface area (Å²) in [6, 6.07) is 3.74. The average Bonchev–Trinajstić information content (AvgIpc) is 2.43. The van der Waals surface area contributed by atoms with Gasteiger partial charge in [0.2, 0.25) is 0 Å². The van der Waals surface area contributed by atoms with Crippen molar-refractivity contribution in [3.05, 3.63) is 32.7 Å². The van der Waals surface area contributed by atoms with Gasteiger partial charge in [0.15, 0.2) is 5.58 Å². The fraction of sp³-hybridized carbons (Fsp3) is 0.222. The third kappa shape index (κ3) is 1.44. The fourth-order valence-electron chi connectivity index (χ4n) is 1.29. The van der Waals surface area contributed by atoms with Crippen molar-refractivity contribution in [1.82, 2.24) is 4.57 Å². The van der Waals surface area contributed by atoms with E-state index >= 15 is 0 Å². The molecule has 2 aromatic rings. The number of hydrogen-bond donors (Lipinski definition) is 0. The lowest BCUT2D eigenvalue weighted by Crippen LogP contribution is -2.08. The number of halogens is 2. The molecule has 0 saturated carbocycles. The zero-order valence-electron chi connectivity index (χ0n) is 7.38. The summed E-state index contributed by atoms with van der Waals surface area (Å²) in [4.78, 5) is 11.2. The number of nitrogens with zero attached hydrogens (tertiary/aromatic N) is 1. The molecule has 0 fully saturated rings. The monoisotopic (exact) mass is 319 g/mol. The van der Waals surface area contributed by atoms with Gasteiger partial charge in [-0.25, -0.2) is 4.79 Å². The normalized spacial score (nSPS) is 11.1. The number of fused-ring (bicyclic) bond motifs is 1. The van der Waals surface area contributed by atoms with E-state index in [1.807, 2.05) is 12.1 Å². The van der Waals surface area contributed by atoms with E-state index in [1.165, 1.54) is 4.57 Å². The van der Waals surface area contributed by atoms with Crippen LogP contribution in [0, 0.1) is 0 Å². The smallest absolute Gasteiger partial charge is 0.408 e. The van der Waals surface area contributed by atoms with Gasteiger partial charge < -0.3 is 4.42 Å². The fourth-order valence-corrected chi connectivity index (χ4v) is 2.60. The number of aryl methyl sites for hydroxylation is 1. The molecule has 0 amide bonds. The highest BCUT2D eigenvalue weighted by molar-refractivity contribution is 9.10. The molecule has 0 aliphatic heterocycles. The summed E-state index contributed by atoms with van der Waals surface area (Å²) in [7, 11) is 1.69. The Bertz CT molecular complexity index is 541. The molecule has 0 aliphatic rings. The average molecular weight is 321 g/mol. The molecular formula is C9H7Br2NO2. The second-order valence-corrected chi connectivity index (χ2v) is 4.39. The van der Waals surface area contributed by atoms with Gasteiger partial charge in [-0.1, -0.05) is 31.9 Å². The second kappa shape index (κ2) is 3.55. The van der Waals surface area contributed by atoms with Gasteiger partial charge in [0.05, 0.1) is 5.52 Å². The predicted octanol–water partition coefficient (Wildman–Crippen LogP) is 2.79. The summed E-state index contributed by atoms with van der Waals surface area (Å²) < 4.78 is 7.52. The molecule has 0 radical (unpaired) electrons. The van der Waals surface area contributed by atoms with Gasteiger partial charge in [-0.3, -0.25) is 4.57 Å². The van der Waals surface area contributed by atoms with Crippen molar-refractivity contribution in [3.8, 4) is 0 Å². The van der Waals surface area contributed by atoms with Crippen LogP contribution in [0.5, 0.6) is 0 Å². The van der Waals surface area contributed by atoms with Crippen LogP contribution in [0.3, 0.4) is 0 Å². The molecular weight excluding hydrogens is 314 g/mol. The third-order valence-electron chi connectivity index (χ3n) is 2.10. The molecule has 74 valence electrons. The first-order valence-electron chi connectivity index (χ1n) is 3.97. The van der Waals surface area contributed by atoms with E-state index < -0.39 is 0 Å². The van der Waals surface area contributed by atoms with Crippen LogP contribution in [0.25, 0.3) is 11.1 Å². The third-order valence-corrected chi connectivity index (χ3v) is 3.45. The van der Waals surface area contributed by atoms with Gasteiger partial charge in [-0.05, 0) is 17.7 Å². The molecule has 0 aliphatic carbocycles. The minimum Gasteiger partial charge on any atom is -0.408 e. The van der Waals surface area contributed by atoms with E-state index in [2.05, 4.69) is 31.9 Å². The molecule has 14 heavy (non-hydrogen) atoms. The van der Waals surface area contributed by atoms with Gasteiger partial charge in [0.1, 0.15) is 0 Å². The SMILES string of the molecule is Cn1c(=O)oc2cc(CBr)c(Br)cc21. The van der Waals surface area contributed by atoms with E-state index in [1.54, 1.807) is 7.05 Å². The maximum atomic E-state index is 11.2. The summed E-state index contributed by atoms with van der Waals surface area (Å²) in [5.41, 5.74) is 2.48. The summed E-state index contributed by atoms with van der Waals surface area (Å²) in [6.45, 7) is 0. The van der Waals surface area contributed by atoms with Gasteiger partial charge >= 0.3 is 5.76 Å². The zero-order chi connectivity index (χ0) is 10.3. The van der Waals surface area contributed by atoms with E-state index in [0.29, 0.717) is 5.58 Å². The molecule has 0 spiro atoms. The lowest BCUT2D eigenvalue weighted by Gasteiger charge is -1.99. The van der Waals surface area contributed by atoms with Crippen LogP contribution >= 0.6 is 31.9 Å². The van der Waals surface area contributed by atoms with Crippen molar-refractivity contribution < 1.29 is 4.42 Å². The van der Waals surface area contributed by atoms with Gasteiger partial charge in [-0.15, -0.1) is 0 Å². The quantitative estimate of drug-likeness (QED) is 0.757. The molecule has 0 N–H and O–H groups in total. The minimum absolute atomic E-state index is 0.335. The van der Waals surface area contributed by atoms with Crippen molar-refractivity contribution >= 4 is 43.0 Å². The topological polar surface area (TPSA) is 35.1 Å². The number of aromatic nitrogens is 1. The number of alkyl halides is 1. The molecule has 1 aromatic carbocycles. The highest BCUT2D eigenvalue weighted by atomic mass is 79.9. The van der Waals surface area contributed by atoms with Crippen LogP contribution in [0.1, 0.15) is 5.56 Å². The van der Waals surface area contributed by atoms with Crippen molar-refractivity contribution in [2.24, 2.45) is 7.05 Å². The highest BCUT2D eigenvalue weighted by Crippen LogP contribution is 2.25. The molecule has 0 bridgehead atoms. The van der Waals surface area contributed by atoms with Crippen LogP contribution in [0.15, 0.2) is 25.8 Å². The second-order valence-electron chi connectivity index (χ2n) is 2.97. The minimum atomic E-state index is -0.335. The molecule has 1 aromatic heterocycles. The number of benzene rings is 1. The van der Waals surface area contributed by atoms with Crippen molar-refractivity contribution in [2.45, 2.75) is 5.33 Å². The molecule has 0 saturated heterocycles. The summed E-state index contributed by atoms with van der Waals surface area (Å²) in [6.07, 6.45) is 0. The van der Waals surface area contributed by atoms with Gasteiger partial charge in [0.25, 0.3) is 0 Å². The van der Waals surface area contributed by atoms with E-state index in [4.69, 9.17) is 4.42 Å². The maximum Gasteiger partial charge on any atom is 0.419 e. The zero-order valence-corrected chi connectivity index (χ0v) is 10.6. The molecule has 0 atom stereocenters. The molecule has 5 heteroatoms. The van der Waals surface area contributed by atoms with Crippen molar-refractivity contribution in [3.63, 3.8) is 0 Å². The van der Waals surface area contributed by atoms with Crippen LogP contribution < -0.4 is 5.76 Å². The molecule has 1 heterocycles. The number of hydrogen-bond acceptors (Lipinski definition) is 2. The number of rotatable bonds is 1. The Morgan fingerprint density at radius 3 is 2.86 bits per heavy atom. The van der Waals surface area contributed by atoms with Crippen LogP contribution in [0.4, 0.5) is 0 Å². The Morgan fingerprint density at radius 1 is 1.50 bits per heavy atom. The molecule has 0 unspecified atom stereocenters. The Labute approximate surface area is 97.0 Å². The van der Waals surface area contributed by atoms with Gasteiger partial charge in [0, 0.05) is 16.9 Å². The molecule has 2 rings (SSSR count). The van der Waals surface area contributed by atoms with Crippen LogP contribution in [-0.4, -0.2) is 4.57 Å². The Morgan fingerprint density at radius 2 is 2.21 bits per heavy atom. The Hall–Kier alpha value is -0.550. The molecule has 3 nitrogen and oxygen atoms in total. The standard InChI is InChI=1S/C9H7Br2NO2/c1-12-7-3-6(11)5(4-10)2-8(7)14-9(12)13/h2-3H,4H2,1H3. The van der Waals surface area contributed by atoms with Crippen molar-refractivity contribution in [2.75, 3.05) is 0 Å². The lowest BCUT2D eigenvalue weighted by atomic mass is 10.2. The first-order valence-corrected chi connectivity index (χ1v) is 5.89. The predicted molar refractivity (Wildman–Crippen MR) is 61.8 cm³/mol.